The zero-order valence-corrected chi connectivity index (χ0v) is 21.6. The van der Waals surface area contributed by atoms with Crippen molar-refractivity contribution in [2.24, 2.45) is 10.9 Å². The highest BCUT2D eigenvalue weighted by Gasteiger charge is 2.41. The molecular formula is C20H41IN4O2S. The number of aliphatic imine (C=N–C) groups is 1. The molecule has 2 rings (SSSR count). The first-order chi connectivity index (χ1) is 12.8. The van der Waals surface area contributed by atoms with Crippen molar-refractivity contribution in [3.63, 3.8) is 0 Å². The Hall–Kier alpha value is -0.0900. The molecule has 28 heavy (non-hydrogen) atoms. The summed E-state index contributed by atoms with van der Waals surface area (Å²) in [7, 11) is -3.04. The van der Waals surface area contributed by atoms with Gasteiger partial charge in [-0.15, -0.1) is 24.0 Å². The van der Waals surface area contributed by atoms with Crippen LogP contribution >= 0.6 is 24.0 Å². The summed E-state index contributed by atoms with van der Waals surface area (Å²) in [5.41, 5.74) is 0. The number of nitrogens with zero attached hydrogens (tertiary/aromatic N) is 3. The Kier molecular flexibility index (Phi) is 10.5. The van der Waals surface area contributed by atoms with Crippen molar-refractivity contribution in [3.05, 3.63) is 0 Å². The molecule has 2 fully saturated rings. The lowest BCUT2D eigenvalue weighted by Crippen LogP contribution is -2.57. The van der Waals surface area contributed by atoms with Gasteiger partial charge in [0.05, 0.1) is 17.0 Å². The van der Waals surface area contributed by atoms with Crippen LogP contribution in [-0.2, 0) is 9.84 Å². The molecule has 0 aromatic rings. The van der Waals surface area contributed by atoms with E-state index in [2.05, 4.69) is 35.9 Å². The van der Waals surface area contributed by atoms with Gasteiger partial charge in [-0.05, 0) is 52.6 Å². The third-order valence-electron chi connectivity index (χ3n) is 6.31. The topological polar surface area (TPSA) is 65.0 Å². The van der Waals surface area contributed by atoms with Gasteiger partial charge in [0, 0.05) is 25.7 Å². The molecule has 2 aliphatic heterocycles. The summed E-state index contributed by atoms with van der Waals surface area (Å²) >= 11 is 0. The number of sulfone groups is 1. The predicted molar refractivity (Wildman–Crippen MR) is 129 cm³/mol. The maximum atomic E-state index is 12.3. The molecule has 0 radical (unpaired) electrons. The van der Waals surface area contributed by atoms with E-state index in [0.717, 1.165) is 19.0 Å². The zero-order chi connectivity index (χ0) is 20.1. The Morgan fingerprint density at radius 3 is 2.21 bits per heavy atom. The summed E-state index contributed by atoms with van der Waals surface area (Å²) < 4.78 is 24.0. The molecule has 166 valence electrons. The first kappa shape index (κ1) is 25.9. The van der Waals surface area contributed by atoms with Crippen molar-refractivity contribution in [1.29, 1.82) is 0 Å². The van der Waals surface area contributed by atoms with Crippen LogP contribution < -0.4 is 5.32 Å². The normalized spacial score (nSPS) is 23.5. The monoisotopic (exact) mass is 528 g/mol. The predicted octanol–water partition coefficient (Wildman–Crippen LogP) is 2.98. The summed E-state index contributed by atoms with van der Waals surface area (Å²) in [6.07, 6.45) is 4.94. The fourth-order valence-corrected chi connectivity index (χ4v) is 5.76. The average Bonchev–Trinajstić information content (AvgIpc) is 3.14. The van der Waals surface area contributed by atoms with Gasteiger partial charge >= 0.3 is 0 Å². The molecule has 0 spiro atoms. The second-order valence-electron chi connectivity index (χ2n) is 8.58. The van der Waals surface area contributed by atoms with Crippen LogP contribution in [0.5, 0.6) is 0 Å². The van der Waals surface area contributed by atoms with Gasteiger partial charge in [-0.2, -0.15) is 0 Å². The minimum Gasteiger partial charge on any atom is -0.357 e. The molecule has 0 aromatic heterocycles. The molecule has 2 aliphatic rings. The minimum absolute atomic E-state index is 0. The molecule has 1 N–H and O–H groups in total. The van der Waals surface area contributed by atoms with Crippen molar-refractivity contribution < 1.29 is 8.42 Å². The minimum atomic E-state index is -3.04. The molecule has 1 unspecified atom stereocenters. The second kappa shape index (κ2) is 11.3. The standard InChI is InChI=1S/C20H40N4O2S.HI/c1-6-17(7-2)18(23-11-9-10-12-23)15-22-19(21-8-3)24-13-14-27(25,26)20(4,5)16-24;/h17-18H,6-16H2,1-5H3,(H,21,22);1H. The fourth-order valence-electron chi connectivity index (χ4n) is 4.40. The molecular weight excluding hydrogens is 487 g/mol. The SMILES string of the molecule is CCNC(=NCC(C(CC)CC)N1CCCC1)N1CCS(=O)(=O)C(C)(C)C1.I. The third kappa shape index (κ3) is 6.20. The van der Waals surface area contributed by atoms with E-state index in [0.29, 0.717) is 25.0 Å². The van der Waals surface area contributed by atoms with Gasteiger partial charge in [0.15, 0.2) is 15.8 Å². The number of likely N-dealkylation sites (tertiary alicyclic amines) is 1. The number of hydrogen-bond acceptors (Lipinski definition) is 4. The third-order valence-corrected chi connectivity index (χ3v) is 8.84. The van der Waals surface area contributed by atoms with Gasteiger partial charge in [-0.3, -0.25) is 9.89 Å². The van der Waals surface area contributed by atoms with Crippen molar-refractivity contribution in [2.75, 3.05) is 45.0 Å². The molecule has 0 aliphatic carbocycles. The van der Waals surface area contributed by atoms with Gasteiger partial charge < -0.3 is 10.2 Å². The molecule has 2 heterocycles. The maximum Gasteiger partial charge on any atom is 0.194 e. The highest BCUT2D eigenvalue weighted by atomic mass is 127. The Morgan fingerprint density at radius 1 is 1.11 bits per heavy atom. The van der Waals surface area contributed by atoms with Crippen LogP contribution in [0.2, 0.25) is 0 Å². The number of halogens is 1. The molecule has 0 aromatic carbocycles. The van der Waals surface area contributed by atoms with E-state index in [-0.39, 0.29) is 29.7 Å². The van der Waals surface area contributed by atoms with Crippen LogP contribution in [0.15, 0.2) is 4.99 Å². The summed E-state index contributed by atoms with van der Waals surface area (Å²) in [6, 6.07) is 0.484. The van der Waals surface area contributed by atoms with E-state index in [4.69, 9.17) is 4.99 Å². The van der Waals surface area contributed by atoms with Crippen LogP contribution in [0.4, 0.5) is 0 Å². The lowest BCUT2D eigenvalue weighted by Gasteiger charge is -2.39. The Balaban J connectivity index is 0.00000392. The fraction of sp³-hybridized carbons (Fsp3) is 0.950. The highest BCUT2D eigenvalue weighted by molar-refractivity contribution is 14.0. The van der Waals surface area contributed by atoms with Gasteiger partial charge in [0.1, 0.15) is 0 Å². The number of hydrogen-bond donors (Lipinski definition) is 1. The van der Waals surface area contributed by atoms with Gasteiger partial charge in [-0.1, -0.05) is 26.7 Å². The Morgan fingerprint density at radius 2 is 1.71 bits per heavy atom. The lowest BCUT2D eigenvalue weighted by molar-refractivity contribution is 0.171. The maximum absolute atomic E-state index is 12.3. The quantitative estimate of drug-likeness (QED) is 0.313. The highest BCUT2D eigenvalue weighted by Crippen LogP contribution is 2.25. The number of guanidine groups is 1. The Bertz CT molecular complexity index is 597. The average molecular weight is 529 g/mol. The lowest BCUT2D eigenvalue weighted by atomic mass is 9.93. The smallest absolute Gasteiger partial charge is 0.194 e. The van der Waals surface area contributed by atoms with E-state index >= 15 is 0 Å². The summed E-state index contributed by atoms with van der Waals surface area (Å²) in [6.45, 7) is 15.3. The van der Waals surface area contributed by atoms with E-state index in [1.165, 1.54) is 38.8 Å². The van der Waals surface area contributed by atoms with Crippen LogP contribution in [0.3, 0.4) is 0 Å². The van der Waals surface area contributed by atoms with Crippen LogP contribution in [0, 0.1) is 5.92 Å². The van der Waals surface area contributed by atoms with Crippen LogP contribution in [-0.4, -0.2) is 80.0 Å². The van der Waals surface area contributed by atoms with E-state index in [1.807, 2.05) is 13.8 Å². The summed E-state index contributed by atoms with van der Waals surface area (Å²) in [5.74, 6) is 1.73. The van der Waals surface area contributed by atoms with E-state index in [1.54, 1.807) is 0 Å². The second-order valence-corrected chi connectivity index (χ2v) is 11.3. The van der Waals surface area contributed by atoms with Crippen LogP contribution in [0.1, 0.15) is 60.3 Å². The van der Waals surface area contributed by atoms with Crippen molar-refractivity contribution in [2.45, 2.75) is 71.1 Å². The number of rotatable bonds is 7. The van der Waals surface area contributed by atoms with Crippen molar-refractivity contribution >= 4 is 39.8 Å². The first-order valence-electron chi connectivity index (χ1n) is 10.7. The Labute approximate surface area is 189 Å². The molecule has 6 nitrogen and oxygen atoms in total. The molecule has 0 amide bonds. The number of nitrogens with one attached hydrogen (secondary N) is 1. The van der Waals surface area contributed by atoms with Gasteiger partial charge in [-0.25, -0.2) is 8.42 Å². The van der Waals surface area contributed by atoms with Gasteiger partial charge in [0.25, 0.3) is 0 Å². The molecule has 2 saturated heterocycles. The van der Waals surface area contributed by atoms with Crippen molar-refractivity contribution in [3.8, 4) is 0 Å². The molecule has 0 bridgehead atoms. The summed E-state index contributed by atoms with van der Waals surface area (Å²) in [4.78, 5) is 9.76. The van der Waals surface area contributed by atoms with Crippen molar-refractivity contribution in [1.82, 2.24) is 15.1 Å². The molecule has 8 heteroatoms. The van der Waals surface area contributed by atoms with Gasteiger partial charge in [0.2, 0.25) is 0 Å². The molecule has 0 saturated carbocycles. The zero-order valence-electron chi connectivity index (χ0n) is 18.4. The van der Waals surface area contributed by atoms with E-state index in [9.17, 15) is 8.42 Å². The molecule has 1 atom stereocenters. The van der Waals surface area contributed by atoms with E-state index < -0.39 is 14.6 Å². The van der Waals surface area contributed by atoms with Crippen LogP contribution in [0.25, 0.3) is 0 Å². The summed E-state index contributed by atoms with van der Waals surface area (Å²) in [5, 5.41) is 3.40. The first-order valence-corrected chi connectivity index (χ1v) is 12.4. The largest absolute Gasteiger partial charge is 0.357 e.